The summed E-state index contributed by atoms with van der Waals surface area (Å²) in [6.07, 6.45) is 3.61. The van der Waals surface area contributed by atoms with E-state index < -0.39 is 12.1 Å². The highest BCUT2D eigenvalue weighted by Crippen LogP contribution is 2.23. The molecule has 21 heavy (non-hydrogen) atoms. The van der Waals surface area contributed by atoms with E-state index in [-0.39, 0.29) is 5.91 Å². The molecule has 2 heterocycles. The molecule has 1 aromatic carbocycles. The van der Waals surface area contributed by atoms with Crippen LogP contribution in [0, 0.1) is 0 Å². The van der Waals surface area contributed by atoms with Gasteiger partial charge < -0.3 is 15.0 Å². The van der Waals surface area contributed by atoms with E-state index in [4.69, 9.17) is 4.74 Å². The Labute approximate surface area is 120 Å². The first kappa shape index (κ1) is 13.2. The van der Waals surface area contributed by atoms with Crippen LogP contribution in [0.4, 0.5) is 10.5 Å². The minimum Gasteiger partial charge on any atom is -0.497 e. The van der Waals surface area contributed by atoms with Crippen LogP contribution < -0.4 is 15.0 Å². The number of H-pyrrole nitrogens is 1. The fourth-order valence-corrected chi connectivity index (χ4v) is 2.26. The zero-order valence-electron chi connectivity index (χ0n) is 11.4. The lowest BCUT2D eigenvalue weighted by Gasteiger charge is -2.13. The van der Waals surface area contributed by atoms with Gasteiger partial charge in [0, 0.05) is 12.6 Å². The van der Waals surface area contributed by atoms with Crippen molar-refractivity contribution in [3.05, 3.63) is 42.5 Å². The summed E-state index contributed by atoms with van der Waals surface area (Å²) in [7, 11) is 1.56. The number of ether oxygens (including phenoxy) is 1. The van der Waals surface area contributed by atoms with Crippen molar-refractivity contribution in [2.45, 2.75) is 12.5 Å². The van der Waals surface area contributed by atoms with E-state index >= 15 is 0 Å². The molecule has 1 aliphatic rings. The molecule has 2 N–H and O–H groups in total. The Hall–Kier alpha value is -2.83. The Bertz CT molecular complexity index is 651. The van der Waals surface area contributed by atoms with Crippen molar-refractivity contribution in [3.8, 4) is 5.75 Å². The molecule has 2 aromatic rings. The predicted molar refractivity (Wildman–Crippen MR) is 75.1 cm³/mol. The highest BCUT2D eigenvalue weighted by molar-refractivity contribution is 6.21. The molecule has 7 heteroatoms. The molecule has 0 aliphatic carbocycles. The van der Waals surface area contributed by atoms with Gasteiger partial charge in [-0.1, -0.05) is 0 Å². The van der Waals surface area contributed by atoms with Crippen LogP contribution in [0.15, 0.2) is 36.8 Å². The summed E-state index contributed by atoms with van der Waals surface area (Å²) in [6, 6.07) is 5.74. The summed E-state index contributed by atoms with van der Waals surface area (Å²) in [5, 5.41) is 2.67. The number of aromatic amines is 1. The molecule has 108 valence electrons. The van der Waals surface area contributed by atoms with Gasteiger partial charge in [0.1, 0.15) is 11.8 Å². The average Bonchev–Trinajstić information content (AvgIpc) is 3.09. The molecule has 0 spiro atoms. The van der Waals surface area contributed by atoms with Crippen LogP contribution in [0.1, 0.15) is 5.69 Å². The summed E-state index contributed by atoms with van der Waals surface area (Å²) in [5.41, 5.74) is 1.24. The molecule has 1 aromatic heterocycles. The normalized spacial score (nSPS) is 18.0. The molecule has 3 rings (SSSR count). The fourth-order valence-electron chi connectivity index (χ4n) is 2.26. The SMILES string of the molecule is COc1ccc(N2C(=O)NC(Cc3c[nH]cn3)C2=O)cc1. The Morgan fingerprint density at radius 3 is 2.67 bits per heavy atom. The van der Waals surface area contributed by atoms with Crippen molar-refractivity contribution in [2.24, 2.45) is 0 Å². The van der Waals surface area contributed by atoms with Gasteiger partial charge in [0.25, 0.3) is 5.91 Å². The summed E-state index contributed by atoms with van der Waals surface area (Å²) in [4.78, 5) is 32.4. The van der Waals surface area contributed by atoms with Gasteiger partial charge >= 0.3 is 6.03 Å². The Morgan fingerprint density at radius 2 is 2.05 bits per heavy atom. The first-order valence-corrected chi connectivity index (χ1v) is 6.45. The molecule has 1 unspecified atom stereocenters. The molecular weight excluding hydrogens is 272 g/mol. The van der Waals surface area contributed by atoms with Gasteiger partial charge in [-0.2, -0.15) is 0 Å². The molecule has 1 atom stereocenters. The number of hydrogen-bond acceptors (Lipinski definition) is 4. The number of methoxy groups -OCH3 is 1. The number of benzene rings is 1. The first-order chi connectivity index (χ1) is 10.2. The quantitative estimate of drug-likeness (QED) is 0.823. The number of hydrogen-bond donors (Lipinski definition) is 2. The summed E-state index contributed by atoms with van der Waals surface area (Å²) >= 11 is 0. The third kappa shape index (κ3) is 2.45. The third-order valence-corrected chi connectivity index (χ3v) is 3.32. The van der Waals surface area contributed by atoms with E-state index in [0.717, 1.165) is 10.6 Å². The number of nitrogens with one attached hydrogen (secondary N) is 2. The zero-order chi connectivity index (χ0) is 14.8. The van der Waals surface area contributed by atoms with E-state index in [2.05, 4.69) is 15.3 Å². The average molecular weight is 286 g/mol. The van der Waals surface area contributed by atoms with E-state index in [1.54, 1.807) is 37.6 Å². The van der Waals surface area contributed by atoms with Crippen molar-refractivity contribution < 1.29 is 14.3 Å². The van der Waals surface area contributed by atoms with Gasteiger partial charge in [-0.05, 0) is 24.3 Å². The van der Waals surface area contributed by atoms with E-state index in [9.17, 15) is 9.59 Å². The van der Waals surface area contributed by atoms with Crippen LogP contribution in [-0.4, -0.2) is 35.1 Å². The lowest BCUT2D eigenvalue weighted by atomic mass is 10.1. The first-order valence-electron chi connectivity index (χ1n) is 6.45. The van der Waals surface area contributed by atoms with Crippen LogP contribution in [0.2, 0.25) is 0 Å². The monoisotopic (exact) mass is 286 g/mol. The summed E-state index contributed by atoms with van der Waals surface area (Å²) in [6.45, 7) is 0. The molecule has 3 amide bonds. The number of imide groups is 1. The van der Waals surface area contributed by atoms with E-state index in [1.165, 1.54) is 6.33 Å². The van der Waals surface area contributed by atoms with Gasteiger partial charge in [0.2, 0.25) is 0 Å². The maximum atomic E-state index is 12.4. The minimum absolute atomic E-state index is 0.284. The van der Waals surface area contributed by atoms with Crippen LogP contribution in [-0.2, 0) is 11.2 Å². The lowest BCUT2D eigenvalue weighted by Crippen LogP contribution is -2.32. The second-order valence-electron chi connectivity index (χ2n) is 4.64. The van der Waals surface area contributed by atoms with Crippen molar-refractivity contribution in [1.82, 2.24) is 15.3 Å². The van der Waals surface area contributed by atoms with Gasteiger partial charge in [-0.15, -0.1) is 0 Å². The summed E-state index contributed by atoms with van der Waals surface area (Å²) in [5.74, 6) is 0.382. The maximum Gasteiger partial charge on any atom is 0.329 e. The molecule has 1 aliphatic heterocycles. The molecular formula is C14H14N4O3. The van der Waals surface area contributed by atoms with Crippen molar-refractivity contribution in [3.63, 3.8) is 0 Å². The number of anilines is 1. The Balaban J connectivity index is 1.79. The van der Waals surface area contributed by atoms with Crippen molar-refractivity contribution >= 4 is 17.6 Å². The second kappa shape index (κ2) is 5.28. The number of rotatable bonds is 4. The summed E-state index contributed by atoms with van der Waals surface area (Å²) < 4.78 is 5.06. The molecule has 1 fully saturated rings. The molecule has 0 saturated carbocycles. The number of aromatic nitrogens is 2. The van der Waals surface area contributed by atoms with E-state index in [1.807, 2.05) is 0 Å². The van der Waals surface area contributed by atoms with Gasteiger partial charge in [0.15, 0.2) is 0 Å². The number of carbonyl (C=O) groups is 2. The minimum atomic E-state index is -0.595. The van der Waals surface area contributed by atoms with Gasteiger partial charge in [-0.25, -0.2) is 14.7 Å². The Kier molecular flexibility index (Phi) is 3.31. The number of urea groups is 1. The topological polar surface area (TPSA) is 87.3 Å². The van der Waals surface area contributed by atoms with Crippen molar-refractivity contribution in [1.29, 1.82) is 0 Å². The number of amides is 3. The molecule has 7 nitrogen and oxygen atoms in total. The molecule has 1 saturated heterocycles. The number of imidazole rings is 1. The van der Waals surface area contributed by atoms with Crippen LogP contribution in [0.25, 0.3) is 0 Å². The fraction of sp³-hybridized carbons (Fsp3) is 0.214. The van der Waals surface area contributed by atoms with E-state index in [0.29, 0.717) is 17.9 Å². The largest absolute Gasteiger partial charge is 0.497 e. The number of nitrogens with zero attached hydrogens (tertiary/aromatic N) is 2. The zero-order valence-corrected chi connectivity index (χ0v) is 11.4. The second-order valence-corrected chi connectivity index (χ2v) is 4.64. The van der Waals surface area contributed by atoms with Crippen LogP contribution >= 0.6 is 0 Å². The predicted octanol–water partition coefficient (Wildman–Crippen LogP) is 1.09. The highest BCUT2D eigenvalue weighted by atomic mass is 16.5. The lowest BCUT2D eigenvalue weighted by molar-refractivity contribution is -0.118. The maximum absolute atomic E-state index is 12.4. The van der Waals surface area contributed by atoms with Crippen molar-refractivity contribution in [2.75, 3.05) is 12.0 Å². The van der Waals surface area contributed by atoms with Gasteiger partial charge in [-0.3, -0.25) is 4.79 Å². The van der Waals surface area contributed by atoms with Gasteiger partial charge in [0.05, 0.1) is 24.8 Å². The molecule has 0 bridgehead atoms. The standard InChI is InChI=1S/C14H14N4O3/c1-21-11-4-2-10(3-5-11)18-13(19)12(17-14(18)20)6-9-7-15-8-16-9/h2-5,7-8,12H,6H2,1H3,(H,15,16)(H,17,20). The number of carbonyl (C=O) groups excluding carboxylic acids is 2. The highest BCUT2D eigenvalue weighted by Gasteiger charge is 2.39. The Morgan fingerprint density at radius 1 is 1.29 bits per heavy atom. The smallest absolute Gasteiger partial charge is 0.329 e. The molecule has 0 radical (unpaired) electrons. The third-order valence-electron chi connectivity index (χ3n) is 3.32. The van der Waals surface area contributed by atoms with Crippen LogP contribution in [0.3, 0.4) is 0 Å². The van der Waals surface area contributed by atoms with Crippen LogP contribution in [0.5, 0.6) is 5.75 Å².